The molecule has 0 bridgehead atoms. The second-order valence-corrected chi connectivity index (χ2v) is 7.13. The van der Waals surface area contributed by atoms with E-state index in [-0.39, 0.29) is 11.8 Å². The summed E-state index contributed by atoms with van der Waals surface area (Å²) in [7, 11) is -2.08. The molecule has 0 amide bonds. The third-order valence-electron chi connectivity index (χ3n) is 3.42. The maximum absolute atomic E-state index is 12.4. The zero-order valence-electron chi connectivity index (χ0n) is 12.2. The lowest BCUT2D eigenvalue weighted by molar-refractivity contribution is 0.0600. The second-order valence-electron chi connectivity index (χ2n) is 5.16. The smallest absolute Gasteiger partial charge is 0.337 e. The molecule has 0 aliphatic carbocycles. The largest absolute Gasteiger partial charge is 0.465 e. The predicted molar refractivity (Wildman–Crippen MR) is 79.4 cm³/mol. The summed E-state index contributed by atoms with van der Waals surface area (Å²) in [5.74, 6) is -0.574. The van der Waals surface area contributed by atoms with Gasteiger partial charge in [-0.2, -0.15) is 4.31 Å². The van der Waals surface area contributed by atoms with Crippen molar-refractivity contribution >= 4 is 16.0 Å². The van der Waals surface area contributed by atoms with Gasteiger partial charge in [0, 0.05) is 25.7 Å². The lowest BCUT2D eigenvalue weighted by Crippen LogP contribution is -2.51. The molecular formula is C14H20N2O4S. The number of sulfonamides is 1. The number of carbonyl (C=O) groups excluding carboxylic acids is 1. The minimum atomic E-state index is -3.38. The number of methoxy groups -OCH3 is 1. The van der Waals surface area contributed by atoms with E-state index in [1.54, 1.807) is 24.3 Å². The monoisotopic (exact) mass is 312 g/mol. The van der Waals surface area contributed by atoms with Crippen molar-refractivity contribution in [1.82, 2.24) is 9.62 Å². The van der Waals surface area contributed by atoms with E-state index in [0.29, 0.717) is 30.8 Å². The lowest BCUT2D eigenvalue weighted by Gasteiger charge is -2.31. The van der Waals surface area contributed by atoms with E-state index in [9.17, 15) is 13.2 Å². The molecule has 0 spiro atoms. The number of carbonyl (C=O) groups is 1. The summed E-state index contributed by atoms with van der Waals surface area (Å²) in [6, 6.07) is 6.69. The summed E-state index contributed by atoms with van der Waals surface area (Å²) in [5, 5.41) is 3.21. The third-order valence-corrected chi connectivity index (χ3v) is 5.24. The van der Waals surface area contributed by atoms with Crippen molar-refractivity contribution in [2.45, 2.75) is 18.7 Å². The van der Waals surface area contributed by atoms with Crippen molar-refractivity contribution < 1.29 is 17.9 Å². The van der Waals surface area contributed by atoms with Gasteiger partial charge in [-0.25, -0.2) is 13.2 Å². The minimum Gasteiger partial charge on any atom is -0.465 e. The molecule has 116 valence electrons. The topological polar surface area (TPSA) is 75.7 Å². The van der Waals surface area contributed by atoms with Crippen LogP contribution in [0, 0.1) is 0 Å². The molecule has 1 unspecified atom stereocenters. The van der Waals surface area contributed by atoms with Crippen molar-refractivity contribution in [3.63, 3.8) is 0 Å². The number of piperazine rings is 1. The summed E-state index contributed by atoms with van der Waals surface area (Å²) in [4.78, 5) is 11.5. The van der Waals surface area contributed by atoms with E-state index in [0.717, 1.165) is 0 Å². The number of nitrogens with zero attached hydrogens (tertiary/aromatic N) is 1. The first-order valence-electron chi connectivity index (χ1n) is 6.81. The molecule has 7 heteroatoms. The first kappa shape index (κ1) is 15.9. The van der Waals surface area contributed by atoms with Crippen LogP contribution in [-0.4, -0.2) is 51.5 Å². The summed E-state index contributed by atoms with van der Waals surface area (Å²) < 4.78 is 31.0. The number of ether oxygens (including phenoxy) is 1. The average Bonchev–Trinajstić information content (AvgIpc) is 2.46. The second kappa shape index (κ2) is 6.55. The van der Waals surface area contributed by atoms with E-state index in [2.05, 4.69) is 10.1 Å². The van der Waals surface area contributed by atoms with E-state index >= 15 is 0 Å². The molecule has 1 fully saturated rings. The number of esters is 1. The molecule has 1 aromatic carbocycles. The van der Waals surface area contributed by atoms with Crippen LogP contribution in [0.4, 0.5) is 0 Å². The van der Waals surface area contributed by atoms with Gasteiger partial charge >= 0.3 is 5.97 Å². The fourth-order valence-corrected chi connectivity index (χ4v) is 3.96. The van der Waals surface area contributed by atoms with Gasteiger partial charge in [0.1, 0.15) is 0 Å². The van der Waals surface area contributed by atoms with Crippen molar-refractivity contribution in [1.29, 1.82) is 0 Å². The number of benzene rings is 1. The van der Waals surface area contributed by atoms with Crippen molar-refractivity contribution in [2.24, 2.45) is 0 Å². The molecule has 0 aromatic heterocycles. The zero-order chi connectivity index (χ0) is 15.5. The van der Waals surface area contributed by atoms with Crippen LogP contribution in [0.5, 0.6) is 0 Å². The Morgan fingerprint density at radius 2 is 2.24 bits per heavy atom. The molecule has 1 aromatic rings. The molecule has 1 saturated heterocycles. The first-order valence-corrected chi connectivity index (χ1v) is 8.42. The molecule has 1 N–H and O–H groups in total. The predicted octanol–water partition coefficient (Wildman–Crippen LogP) is 0.597. The van der Waals surface area contributed by atoms with Gasteiger partial charge in [-0.05, 0) is 24.6 Å². The van der Waals surface area contributed by atoms with E-state index in [1.807, 2.05) is 6.92 Å². The average molecular weight is 312 g/mol. The maximum atomic E-state index is 12.4. The zero-order valence-corrected chi connectivity index (χ0v) is 13.0. The summed E-state index contributed by atoms with van der Waals surface area (Å²) >= 11 is 0. The highest BCUT2D eigenvalue weighted by Crippen LogP contribution is 2.15. The van der Waals surface area contributed by atoms with Gasteiger partial charge in [0.2, 0.25) is 10.0 Å². The fraction of sp³-hybridized carbons (Fsp3) is 0.500. The Hall–Kier alpha value is -1.44. The van der Waals surface area contributed by atoms with E-state index in [1.165, 1.54) is 11.4 Å². The maximum Gasteiger partial charge on any atom is 0.337 e. The normalized spacial score (nSPS) is 20.2. The molecule has 0 saturated carbocycles. The standard InChI is InChI=1S/C14H20N2O4S/c1-11-9-16(7-6-15-11)21(18,19)10-12-4-3-5-13(8-12)14(17)20-2/h3-5,8,11,15H,6-7,9-10H2,1-2H3. The van der Waals surface area contributed by atoms with Gasteiger partial charge < -0.3 is 10.1 Å². The van der Waals surface area contributed by atoms with Crippen molar-refractivity contribution in [2.75, 3.05) is 26.7 Å². The Labute approximate surface area is 125 Å². The molecule has 1 aliphatic rings. The fourth-order valence-electron chi connectivity index (χ4n) is 2.36. The number of nitrogens with one attached hydrogen (secondary N) is 1. The van der Waals surface area contributed by atoms with Crippen LogP contribution >= 0.6 is 0 Å². The Kier molecular flexibility index (Phi) is 4.97. The summed E-state index contributed by atoms with van der Waals surface area (Å²) in [6.45, 7) is 3.56. The van der Waals surface area contributed by atoms with Crippen molar-refractivity contribution in [3.05, 3.63) is 35.4 Å². The van der Waals surface area contributed by atoms with Crippen LogP contribution in [0.3, 0.4) is 0 Å². The van der Waals surface area contributed by atoms with Gasteiger partial charge in [-0.15, -0.1) is 0 Å². The number of rotatable bonds is 4. The third kappa shape index (κ3) is 4.03. The highest BCUT2D eigenvalue weighted by Gasteiger charge is 2.27. The molecule has 0 radical (unpaired) electrons. The highest BCUT2D eigenvalue weighted by atomic mass is 32.2. The van der Waals surface area contributed by atoms with Crippen molar-refractivity contribution in [3.8, 4) is 0 Å². The minimum absolute atomic E-state index is 0.107. The van der Waals surface area contributed by atoms with Crippen LogP contribution in [-0.2, 0) is 20.5 Å². The molecular weight excluding hydrogens is 292 g/mol. The van der Waals surface area contributed by atoms with Crippen LogP contribution in [0.2, 0.25) is 0 Å². The lowest BCUT2D eigenvalue weighted by atomic mass is 10.1. The van der Waals surface area contributed by atoms with Crippen LogP contribution in [0.1, 0.15) is 22.8 Å². The van der Waals surface area contributed by atoms with E-state index in [4.69, 9.17) is 0 Å². The Morgan fingerprint density at radius 1 is 1.48 bits per heavy atom. The Bertz CT molecular complexity index is 615. The molecule has 2 rings (SSSR count). The quantitative estimate of drug-likeness (QED) is 0.824. The molecule has 1 heterocycles. The SMILES string of the molecule is COC(=O)c1cccc(CS(=O)(=O)N2CCNC(C)C2)c1. The van der Waals surface area contributed by atoms with Gasteiger partial charge in [-0.1, -0.05) is 12.1 Å². The van der Waals surface area contributed by atoms with Crippen LogP contribution in [0.15, 0.2) is 24.3 Å². The Morgan fingerprint density at radius 3 is 2.90 bits per heavy atom. The number of hydrogen-bond donors (Lipinski definition) is 1. The molecule has 1 atom stereocenters. The first-order chi connectivity index (χ1) is 9.92. The van der Waals surface area contributed by atoms with Gasteiger partial charge in [0.15, 0.2) is 0 Å². The molecule has 1 aliphatic heterocycles. The highest BCUT2D eigenvalue weighted by molar-refractivity contribution is 7.88. The van der Waals surface area contributed by atoms with Crippen LogP contribution in [0.25, 0.3) is 0 Å². The van der Waals surface area contributed by atoms with E-state index < -0.39 is 16.0 Å². The van der Waals surface area contributed by atoms with Gasteiger partial charge in [-0.3, -0.25) is 0 Å². The van der Waals surface area contributed by atoms with Crippen LogP contribution < -0.4 is 5.32 Å². The summed E-state index contributed by atoms with van der Waals surface area (Å²) in [6.07, 6.45) is 0. The molecule has 21 heavy (non-hydrogen) atoms. The van der Waals surface area contributed by atoms with Gasteiger partial charge in [0.25, 0.3) is 0 Å². The number of hydrogen-bond acceptors (Lipinski definition) is 5. The Balaban J connectivity index is 2.14. The summed E-state index contributed by atoms with van der Waals surface area (Å²) in [5.41, 5.74) is 0.947. The molecule has 6 nitrogen and oxygen atoms in total. The van der Waals surface area contributed by atoms with Gasteiger partial charge in [0.05, 0.1) is 18.4 Å².